The first-order valence-electron chi connectivity index (χ1n) is 10.6. The number of aromatic nitrogens is 2. The van der Waals surface area contributed by atoms with E-state index in [4.69, 9.17) is 9.47 Å². The molecule has 0 unspecified atom stereocenters. The molecule has 0 aliphatic heterocycles. The smallest absolute Gasteiger partial charge is 0.261 e. The Hall–Kier alpha value is -4.13. The Balaban J connectivity index is 1.64. The van der Waals surface area contributed by atoms with E-state index in [0.717, 1.165) is 11.1 Å². The molecule has 0 saturated carbocycles. The highest BCUT2D eigenvalue weighted by Crippen LogP contribution is 2.29. The number of fused-ring (bicyclic) bond motifs is 1. The van der Waals surface area contributed by atoms with Crippen LogP contribution in [0.25, 0.3) is 10.9 Å². The second kappa shape index (κ2) is 9.99. The van der Waals surface area contributed by atoms with Gasteiger partial charge in [0.15, 0.2) is 11.5 Å². The Morgan fingerprint density at radius 2 is 1.42 bits per heavy atom. The van der Waals surface area contributed by atoms with Gasteiger partial charge in [0.05, 0.1) is 31.4 Å². The van der Waals surface area contributed by atoms with E-state index in [2.05, 4.69) is 4.98 Å². The lowest BCUT2D eigenvalue weighted by Crippen LogP contribution is -2.36. The van der Waals surface area contributed by atoms with Crippen LogP contribution in [0, 0.1) is 0 Å². The lowest BCUT2D eigenvalue weighted by atomic mass is 10.1. The molecule has 168 valence electrons. The van der Waals surface area contributed by atoms with Gasteiger partial charge in [-0.1, -0.05) is 60.7 Å². The number of carbonyl (C=O) groups is 1. The molecule has 1 amide bonds. The van der Waals surface area contributed by atoms with Crippen molar-refractivity contribution in [1.29, 1.82) is 0 Å². The monoisotopic (exact) mass is 443 g/mol. The molecule has 4 rings (SSSR count). The van der Waals surface area contributed by atoms with Gasteiger partial charge in [-0.05, 0) is 17.2 Å². The molecular weight excluding hydrogens is 418 g/mol. The summed E-state index contributed by atoms with van der Waals surface area (Å²) >= 11 is 0. The van der Waals surface area contributed by atoms with Crippen LogP contribution in [0.5, 0.6) is 11.5 Å². The van der Waals surface area contributed by atoms with Gasteiger partial charge in [0.1, 0.15) is 6.54 Å². The van der Waals surface area contributed by atoms with Gasteiger partial charge in [-0.15, -0.1) is 0 Å². The first kappa shape index (κ1) is 22.1. The molecule has 0 N–H and O–H groups in total. The maximum absolute atomic E-state index is 13.3. The summed E-state index contributed by atoms with van der Waals surface area (Å²) in [5.74, 6) is 0.747. The third kappa shape index (κ3) is 5.03. The van der Waals surface area contributed by atoms with Crippen LogP contribution in [0.1, 0.15) is 11.1 Å². The third-order valence-corrected chi connectivity index (χ3v) is 5.42. The maximum Gasteiger partial charge on any atom is 0.261 e. The number of nitrogens with zero attached hydrogens (tertiary/aromatic N) is 3. The number of amides is 1. The van der Waals surface area contributed by atoms with Gasteiger partial charge in [-0.3, -0.25) is 14.2 Å². The second-order valence-electron chi connectivity index (χ2n) is 7.62. The van der Waals surface area contributed by atoms with Gasteiger partial charge in [-0.25, -0.2) is 4.98 Å². The zero-order valence-electron chi connectivity index (χ0n) is 18.6. The molecule has 0 spiro atoms. The van der Waals surface area contributed by atoms with Crippen LogP contribution in [-0.2, 0) is 24.4 Å². The number of hydrogen-bond donors (Lipinski definition) is 0. The molecular formula is C26H25N3O4. The largest absolute Gasteiger partial charge is 0.493 e. The predicted octanol–water partition coefficient (Wildman–Crippen LogP) is 3.64. The number of hydrogen-bond acceptors (Lipinski definition) is 5. The predicted molar refractivity (Wildman–Crippen MR) is 126 cm³/mol. The van der Waals surface area contributed by atoms with Crippen LogP contribution in [0.15, 0.2) is 83.9 Å². The van der Waals surface area contributed by atoms with Crippen molar-refractivity contribution >= 4 is 16.8 Å². The highest BCUT2D eigenvalue weighted by Gasteiger charge is 2.18. The van der Waals surface area contributed by atoms with E-state index in [-0.39, 0.29) is 18.0 Å². The molecule has 7 heteroatoms. The molecule has 0 aliphatic rings. The minimum atomic E-state index is -0.311. The SMILES string of the molecule is COc1cc2ncn(CC(=O)N(Cc3ccccc3)Cc3ccccc3)c(=O)c2cc1OC. The van der Waals surface area contributed by atoms with Gasteiger partial charge in [0.25, 0.3) is 5.56 Å². The van der Waals surface area contributed by atoms with Gasteiger partial charge in [0.2, 0.25) is 5.91 Å². The van der Waals surface area contributed by atoms with Crippen molar-refractivity contribution in [2.45, 2.75) is 19.6 Å². The molecule has 4 aromatic rings. The van der Waals surface area contributed by atoms with Gasteiger partial charge >= 0.3 is 0 Å². The third-order valence-electron chi connectivity index (χ3n) is 5.42. The Morgan fingerprint density at radius 3 is 1.97 bits per heavy atom. The summed E-state index contributed by atoms with van der Waals surface area (Å²) in [6.07, 6.45) is 1.40. The van der Waals surface area contributed by atoms with E-state index in [1.807, 2.05) is 60.7 Å². The normalized spacial score (nSPS) is 10.7. The molecule has 0 aliphatic carbocycles. The first-order chi connectivity index (χ1) is 16.1. The van der Waals surface area contributed by atoms with Crippen molar-refractivity contribution in [1.82, 2.24) is 14.5 Å². The molecule has 7 nitrogen and oxygen atoms in total. The summed E-state index contributed by atoms with van der Waals surface area (Å²) in [5, 5.41) is 0.362. The molecule has 0 saturated heterocycles. The molecule has 3 aromatic carbocycles. The van der Waals surface area contributed by atoms with Crippen LogP contribution in [-0.4, -0.2) is 34.6 Å². The van der Waals surface area contributed by atoms with Crippen molar-refractivity contribution in [3.63, 3.8) is 0 Å². The van der Waals surface area contributed by atoms with E-state index in [1.165, 1.54) is 25.1 Å². The van der Waals surface area contributed by atoms with Crippen molar-refractivity contribution in [2.75, 3.05) is 14.2 Å². The molecule has 0 bridgehead atoms. The van der Waals surface area contributed by atoms with Crippen molar-refractivity contribution < 1.29 is 14.3 Å². The van der Waals surface area contributed by atoms with E-state index in [9.17, 15) is 9.59 Å². The van der Waals surface area contributed by atoms with E-state index in [0.29, 0.717) is 35.5 Å². The quantitative estimate of drug-likeness (QED) is 0.416. The molecule has 1 heterocycles. The zero-order valence-corrected chi connectivity index (χ0v) is 18.6. The summed E-state index contributed by atoms with van der Waals surface area (Å²) in [7, 11) is 3.03. The Bertz CT molecular complexity index is 1260. The first-order valence-corrected chi connectivity index (χ1v) is 10.6. The van der Waals surface area contributed by atoms with Gasteiger partial charge in [0, 0.05) is 19.2 Å². The van der Waals surface area contributed by atoms with Crippen LogP contribution in [0.2, 0.25) is 0 Å². The summed E-state index contributed by atoms with van der Waals surface area (Å²) in [4.78, 5) is 32.6. The number of methoxy groups -OCH3 is 2. The van der Waals surface area contributed by atoms with Crippen molar-refractivity contribution in [3.05, 3.63) is 101 Å². The highest BCUT2D eigenvalue weighted by molar-refractivity contribution is 5.82. The fourth-order valence-corrected chi connectivity index (χ4v) is 3.68. The second-order valence-corrected chi connectivity index (χ2v) is 7.62. The average molecular weight is 444 g/mol. The summed E-state index contributed by atoms with van der Waals surface area (Å²) in [6, 6.07) is 22.8. The van der Waals surface area contributed by atoms with E-state index >= 15 is 0 Å². The summed E-state index contributed by atoms with van der Waals surface area (Å²) < 4.78 is 11.9. The Kier molecular flexibility index (Phi) is 6.69. The maximum atomic E-state index is 13.3. The fraction of sp³-hybridized carbons (Fsp3) is 0.192. The molecule has 0 fully saturated rings. The molecule has 0 atom stereocenters. The zero-order chi connectivity index (χ0) is 23.2. The highest BCUT2D eigenvalue weighted by atomic mass is 16.5. The van der Waals surface area contributed by atoms with Crippen LogP contribution in [0.3, 0.4) is 0 Å². The molecule has 1 aromatic heterocycles. The molecule has 33 heavy (non-hydrogen) atoms. The number of carbonyl (C=O) groups excluding carboxylic acids is 1. The number of ether oxygens (including phenoxy) is 2. The fourth-order valence-electron chi connectivity index (χ4n) is 3.68. The lowest BCUT2D eigenvalue weighted by molar-refractivity contribution is -0.133. The average Bonchev–Trinajstić information content (AvgIpc) is 2.86. The van der Waals surface area contributed by atoms with E-state index < -0.39 is 0 Å². The van der Waals surface area contributed by atoms with Gasteiger partial charge < -0.3 is 14.4 Å². The lowest BCUT2D eigenvalue weighted by Gasteiger charge is -2.23. The Labute approximate surface area is 191 Å². The van der Waals surface area contributed by atoms with E-state index in [1.54, 1.807) is 17.0 Å². The van der Waals surface area contributed by atoms with Crippen LogP contribution in [0.4, 0.5) is 0 Å². The van der Waals surface area contributed by atoms with Crippen LogP contribution >= 0.6 is 0 Å². The summed E-state index contributed by atoms with van der Waals surface area (Å²) in [6.45, 7) is 0.764. The number of benzene rings is 3. The Morgan fingerprint density at radius 1 is 0.879 bits per heavy atom. The minimum absolute atomic E-state index is 0.115. The van der Waals surface area contributed by atoms with Crippen molar-refractivity contribution in [2.24, 2.45) is 0 Å². The summed E-state index contributed by atoms with van der Waals surface area (Å²) in [5.41, 5.74) is 2.20. The van der Waals surface area contributed by atoms with Crippen LogP contribution < -0.4 is 15.0 Å². The topological polar surface area (TPSA) is 73.7 Å². The standard InChI is InChI=1S/C26H25N3O4/c1-32-23-13-21-22(14-24(23)33-2)27-18-29(26(21)31)17-25(30)28(15-19-9-5-3-6-10-19)16-20-11-7-4-8-12-20/h3-14,18H,15-17H2,1-2H3. The minimum Gasteiger partial charge on any atom is -0.493 e. The molecule has 0 radical (unpaired) electrons. The van der Waals surface area contributed by atoms with Gasteiger partial charge in [-0.2, -0.15) is 0 Å². The van der Waals surface area contributed by atoms with Crippen molar-refractivity contribution in [3.8, 4) is 11.5 Å². The number of rotatable bonds is 8.